The van der Waals surface area contributed by atoms with Gasteiger partial charge >= 0.3 is 0 Å². The summed E-state index contributed by atoms with van der Waals surface area (Å²) in [6.07, 6.45) is 0. The SMILES string of the molecule is CC1=NN(c2ccc(F)cc2)C(=O)[C@H]1[C@H](c1cc([N+](=O)[O-])ccc1O)c1c(C)[nH]n(-c2ccc(F)cc2)c1=O. The molecule has 39 heavy (non-hydrogen) atoms. The maximum absolute atomic E-state index is 13.8. The highest BCUT2D eigenvalue weighted by Crippen LogP contribution is 2.42. The summed E-state index contributed by atoms with van der Waals surface area (Å²) in [5.41, 5.74) is 0.266. The fourth-order valence-corrected chi connectivity index (χ4v) is 4.83. The van der Waals surface area contributed by atoms with Gasteiger partial charge in [0, 0.05) is 40.6 Å². The van der Waals surface area contributed by atoms with Gasteiger partial charge in [0.2, 0.25) is 0 Å². The van der Waals surface area contributed by atoms with Crippen LogP contribution in [0.1, 0.15) is 29.7 Å². The molecule has 1 aliphatic heterocycles. The molecule has 0 bridgehead atoms. The number of hydrazone groups is 1. The van der Waals surface area contributed by atoms with E-state index in [0.717, 1.165) is 27.9 Å². The van der Waals surface area contributed by atoms with Crippen molar-refractivity contribution >= 4 is 23.0 Å². The van der Waals surface area contributed by atoms with E-state index in [1.165, 1.54) is 48.5 Å². The number of aromatic amines is 1. The third kappa shape index (κ3) is 4.45. The number of halogens is 2. The predicted molar refractivity (Wildman–Crippen MR) is 138 cm³/mol. The first-order valence-corrected chi connectivity index (χ1v) is 11.8. The van der Waals surface area contributed by atoms with Crippen LogP contribution in [-0.2, 0) is 4.79 Å². The number of nitrogens with zero attached hydrogens (tertiary/aromatic N) is 4. The number of non-ortho nitro benzene ring substituents is 1. The van der Waals surface area contributed by atoms with Crippen LogP contribution in [0.2, 0.25) is 0 Å². The van der Waals surface area contributed by atoms with Crippen LogP contribution in [0.5, 0.6) is 5.75 Å². The highest BCUT2D eigenvalue weighted by atomic mass is 19.1. The van der Waals surface area contributed by atoms with Crippen LogP contribution in [0.4, 0.5) is 20.2 Å². The number of hydrogen-bond acceptors (Lipinski definition) is 6. The number of phenolic OH excluding ortho intramolecular Hbond substituents is 1. The minimum atomic E-state index is -1.20. The van der Waals surface area contributed by atoms with Crippen molar-refractivity contribution in [2.75, 3.05) is 5.01 Å². The number of hydrogen-bond donors (Lipinski definition) is 2. The van der Waals surface area contributed by atoms with Crippen molar-refractivity contribution in [1.82, 2.24) is 9.78 Å². The summed E-state index contributed by atoms with van der Waals surface area (Å²) < 4.78 is 28.2. The second kappa shape index (κ2) is 9.63. The number of rotatable bonds is 6. The number of H-pyrrole nitrogens is 1. The molecule has 12 heteroatoms. The van der Waals surface area contributed by atoms with Crippen LogP contribution in [-0.4, -0.2) is 31.4 Å². The van der Waals surface area contributed by atoms with Crippen LogP contribution < -0.4 is 10.6 Å². The van der Waals surface area contributed by atoms with Crippen molar-refractivity contribution in [2.45, 2.75) is 19.8 Å². The lowest BCUT2D eigenvalue weighted by molar-refractivity contribution is -0.385. The Labute approximate surface area is 219 Å². The van der Waals surface area contributed by atoms with Crippen molar-refractivity contribution in [3.05, 3.63) is 116 Å². The highest BCUT2D eigenvalue weighted by molar-refractivity contribution is 6.15. The van der Waals surface area contributed by atoms with E-state index >= 15 is 0 Å². The minimum Gasteiger partial charge on any atom is -0.508 e. The molecule has 2 atom stereocenters. The Hall–Kier alpha value is -5.13. The lowest BCUT2D eigenvalue weighted by atomic mass is 9.78. The molecule has 10 nitrogen and oxygen atoms in total. The zero-order valence-electron chi connectivity index (χ0n) is 20.6. The van der Waals surface area contributed by atoms with Crippen LogP contribution in [0.3, 0.4) is 0 Å². The molecule has 0 aliphatic carbocycles. The Morgan fingerprint density at radius 1 is 0.974 bits per heavy atom. The Morgan fingerprint density at radius 3 is 2.15 bits per heavy atom. The third-order valence-corrected chi connectivity index (χ3v) is 6.66. The first kappa shape index (κ1) is 25.5. The van der Waals surface area contributed by atoms with Gasteiger partial charge in [-0.15, -0.1) is 0 Å². The van der Waals surface area contributed by atoms with Gasteiger partial charge in [-0.1, -0.05) is 0 Å². The highest BCUT2D eigenvalue weighted by Gasteiger charge is 2.45. The zero-order valence-corrected chi connectivity index (χ0v) is 20.6. The van der Waals surface area contributed by atoms with Crippen molar-refractivity contribution in [2.24, 2.45) is 11.0 Å². The summed E-state index contributed by atoms with van der Waals surface area (Å²) in [5.74, 6) is -4.29. The second-order valence-corrected chi connectivity index (χ2v) is 9.09. The summed E-state index contributed by atoms with van der Waals surface area (Å²) in [7, 11) is 0. The Morgan fingerprint density at radius 2 is 1.56 bits per heavy atom. The van der Waals surface area contributed by atoms with Crippen molar-refractivity contribution in [3.8, 4) is 11.4 Å². The van der Waals surface area contributed by atoms with Gasteiger partial charge in [0.25, 0.3) is 17.2 Å². The van der Waals surface area contributed by atoms with Gasteiger partial charge < -0.3 is 5.11 Å². The van der Waals surface area contributed by atoms with E-state index in [0.29, 0.717) is 11.4 Å². The van der Waals surface area contributed by atoms with E-state index in [1.54, 1.807) is 13.8 Å². The minimum absolute atomic E-state index is 0.0245. The lowest BCUT2D eigenvalue weighted by Crippen LogP contribution is -2.34. The molecule has 0 saturated carbocycles. The number of anilines is 1. The van der Waals surface area contributed by atoms with Gasteiger partial charge in [0.05, 0.1) is 22.2 Å². The molecule has 1 aliphatic rings. The summed E-state index contributed by atoms with van der Waals surface area (Å²) in [6, 6.07) is 13.6. The number of amides is 1. The van der Waals surface area contributed by atoms with E-state index < -0.39 is 39.9 Å². The molecule has 2 N–H and O–H groups in total. The quantitative estimate of drug-likeness (QED) is 0.277. The molecular weight excluding hydrogens is 512 g/mol. The first-order valence-electron chi connectivity index (χ1n) is 11.8. The van der Waals surface area contributed by atoms with Gasteiger partial charge in [0.15, 0.2) is 0 Å². The zero-order chi connectivity index (χ0) is 28.0. The Kier molecular flexibility index (Phi) is 6.30. The van der Waals surface area contributed by atoms with Crippen molar-refractivity contribution in [3.63, 3.8) is 0 Å². The molecule has 0 saturated heterocycles. The second-order valence-electron chi connectivity index (χ2n) is 9.09. The summed E-state index contributed by atoms with van der Waals surface area (Å²) in [6.45, 7) is 3.15. The average Bonchev–Trinajstić information content (AvgIpc) is 3.36. The van der Waals surface area contributed by atoms with Gasteiger partial charge in [-0.05, 0) is 68.4 Å². The summed E-state index contributed by atoms with van der Waals surface area (Å²) in [5, 5.41) is 30.8. The van der Waals surface area contributed by atoms with Crippen LogP contribution in [0, 0.1) is 34.6 Å². The summed E-state index contributed by atoms with van der Waals surface area (Å²) >= 11 is 0. The molecule has 4 aromatic rings. The fourth-order valence-electron chi connectivity index (χ4n) is 4.83. The molecule has 1 aromatic heterocycles. The molecule has 2 heterocycles. The maximum atomic E-state index is 13.8. The fraction of sp³-hybridized carbons (Fsp3) is 0.148. The number of carbonyl (C=O) groups excluding carboxylic acids is 1. The molecule has 0 spiro atoms. The topological polar surface area (TPSA) is 134 Å². The van der Waals surface area contributed by atoms with E-state index in [4.69, 9.17) is 0 Å². The number of nitrogens with one attached hydrogen (secondary N) is 1. The van der Waals surface area contributed by atoms with E-state index in [-0.39, 0.29) is 34.0 Å². The first-order chi connectivity index (χ1) is 18.6. The number of carbonyl (C=O) groups is 1. The van der Waals surface area contributed by atoms with Gasteiger partial charge in [0.1, 0.15) is 17.4 Å². The summed E-state index contributed by atoms with van der Waals surface area (Å²) in [4.78, 5) is 38.5. The number of aromatic hydroxyl groups is 1. The maximum Gasteiger partial charge on any atom is 0.275 e. The third-order valence-electron chi connectivity index (χ3n) is 6.66. The molecule has 1 amide bonds. The van der Waals surface area contributed by atoms with Gasteiger partial charge in [-0.3, -0.25) is 24.8 Å². The standard InChI is InChI=1S/C27H21F2N5O5/c1-14-23(26(36)32(30-14)18-7-3-16(28)4-8-18)25(21-13-20(34(38)39)11-12-22(21)35)24-15(2)31-33(27(24)37)19-9-5-17(29)6-10-19/h3-13,23,25,31,35H,1-2H3/t23-,25+/m1/s1. The van der Waals surface area contributed by atoms with E-state index in [9.17, 15) is 33.6 Å². The molecular formula is C27H21F2N5O5. The van der Waals surface area contributed by atoms with Crippen LogP contribution >= 0.6 is 0 Å². The Bertz CT molecular complexity index is 1690. The number of benzene rings is 3. The Balaban J connectivity index is 1.71. The van der Waals surface area contributed by atoms with Crippen LogP contribution in [0.15, 0.2) is 76.6 Å². The van der Waals surface area contributed by atoms with Crippen molar-refractivity contribution < 1.29 is 23.6 Å². The monoisotopic (exact) mass is 533 g/mol. The average molecular weight is 533 g/mol. The molecule has 198 valence electrons. The normalized spacial score (nSPS) is 15.9. The number of nitro groups is 1. The smallest absolute Gasteiger partial charge is 0.275 e. The van der Waals surface area contributed by atoms with Gasteiger partial charge in [-0.25, -0.2) is 18.5 Å². The molecule has 0 radical (unpaired) electrons. The van der Waals surface area contributed by atoms with Crippen LogP contribution in [0.25, 0.3) is 5.69 Å². The number of aromatic nitrogens is 2. The number of aryl methyl sites for hydroxylation is 1. The number of phenols is 1. The lowest BCUT2D eigenvalue weighted by Gasteiger charge is -2.24. The van der Waals surface area contributed by atoms with Gasteiger partial charge in [-0.2, -0.15) is 5.10 Å². The number of nitro benzene ring substituents is 1. The van der Waals surface area contributed by atoms with Crippen molar-refractivity contribution in [1.29, 1.82) is 0 Å². The largest absolute Gasteiger partial charge is 0.508 e. The molecule has 5 rings (SSSR count). The van der Waals surface area contributed by atoms with E-state index in [1.807, 2.05) is 0 Å². The molecule has 3 aromatic carbocycles. The molecule has 0 unspecified atom stereocenters. The van der Waals surface area contributed by atoms with E-state index in [2.05, 4.69) is 10.2 Å². The molecule has 0 fully saturated rings. The predicted octanol–water partition coefficient (Wildman–Crippen LogP) is 4.54.